The third-order valence-electron chi connectivity index (χ3n) is 3.93. The number of aliphatic hydroxyl groups is 1. The summed E-state index contributed by atoms with van der Waals surface area (Å²) in [6.45, 7) is 0. The third-order valence-corrected chi connectivity index (χ3v) is 3.93. The Morgan fingerprint density at radius 2 is 1.36 bits per heavy atom. The summed E-state index contributed by atoms with van der Waals surface area (Å²) in [5, 5.41) is 10.1. The van der Waals surface area contributed by atoms with Gasteiger partial charge in [0, 0.05) is 0 Å². The Morgan fingerprint density at radius 3 is 2.00 bits per heavy atom. The molecule has 0 saturated carbocycles. The summed E-state index contributed by atoms with van der Waals surface area (Å²) in [5.41, 5.74) is 8.56. The lowest BCUT2D eigenvalue weighted by atomic mass is 9.99. The minimum absolute atomic E-state index is 0.320. The van der Waals surface area contributed by atoms with Crippen molar-refractivity contribution in [1.82, 2.24) is 0 Å². The molecule has 4 heteroatoms. The van der Waals surface area contributed by atoms with E-state index in [0.29, 0.717) is 11.3 Å². The summed E-state index contributed by atoms with van der Waals surface area (Å²) < 4.78 is 5.31. The van der Waals surface area contributed by atoms with Gasteiger partial charge in [-0.05, 0) is 28.8 Å². The second-order valence-corrected chi connectivity index (χ2v) is 5.70. The van der Waals surface area contributed by atoms with Gasteiger partial charge in [0.25, 0.3) is 0 Å². The molecule has 0 aliphatic carbocycles. The van der Waals surface area contributed by atoms with E-state index in [1.807, 2.05) is 42.5 Å². The summed E-state index contributed by atoms with van der Waals surface area (Å²) in [7, 11) is 0. The second-order valence-electron chi connectivity index (χ2n) is 5.70. The molecule has 126 valence electrons. The molecule has 0 amide bonds. The van der Waals surface area contributed by atoms with Gasteiger partial charge < -0.3 is 15.6 Å². The molecule has 3 aromatic carbocycles. The van der Waals surface area contributed by atoms with Gasteiger partial charge in [-0.2, -0.15) is 0 Å². The molecule has 0 aromatic heterocycles. The Hall–Kier alpha value is -2.95. The molecule has 3 N–H and O–H groups in total. The van der Waals surface area contributed by atoms with E-state index in [0.717, 1.165) is 11.1 Å². The molecular weight excluding hydrogens is 314 g/mol. The maximum Gasteiger partial charge on any atom is 0.345 e. The zero-order valence-corrected chi connectivity index (χ0v) is 13.6. The maximum atomic E-state index is 12.2. The summed E-state index contributed by atoms with van der Waals surface area (Å²) in [5.74, 6) is -0.375. The molecule has 0 spiro atoms. The number of hydrogen-bond acceptors (Lipinski definition) is 4. The first-order valence-electron chi connectivity index (χ1n) is 8.00. The highest BCUT2D eigenvalue weighted by Gasteiger charge is 2.20. The van der Waals surface area contributed by atoms with Crippen molar-refractivity contribution in [3.05, 3.63) is 102 Å². The first kappa shape index (κ1) is 16.9. The molecule has 0 aliphatic rings. The van der Waals surface area contributed by atoms with Gasteiger partial charge in [-0.3, -0.25) is 0 Å². The van der Waals surface area contributed by atoms with Gasteiger partial charge in [0.2, 0.25) is 0 Å². The predicted molar refractivity (Wildman–Crippen MR) is 96.0 cm³/mol. The van der Waals surface area contributed by atoms with Crippen LogP contribution in [0, 0.1) is 0 Å². The van der Waals surface area contributed by atoms with E-state index in [1.54, 1.807) is 42.5 Å². The Morgan fingerprint density at radius 1 is 0.800 bits per heavy atom. The van der Waals surface area contributed by atoms with Crippen molar-refractivity contribution in [1.29, 1.82) is 0 Å². The molecule has 0 bridgehead atoms. The van der Waals surface area contributed by atoms with Gasteiger partial charge in [0.1, 0.15) is 5.75 Å². The summed E-state index contributed by atoms with van der Waals surface area (Å²) in [6.07, 6.45) is -1.33. The van der Waals surface area contributed by atoms with Crippen molar-refractivity contribution >= 4 is 5.97 Å². The molecule has 0 unspecified atom stereocenters. The van der Waals surface area contributed by atoms with Crippen LogP contribution in [0.5, 0.6) is 5.75 Å². The lowest BCUT2D eigenvalue weighted by molar-refractivity contribution is -0.144. The number of carbonyl (C=O) groups excluding carboxylic acids is 1. The maximum absolute atomic E-state index is 12.2. The number of benzene rings is 3. The van der Waals surface area contributed by atoms with Gasteiger partial charge >= 0.3 is 5.97 Å². The highest BCUT2D eigenvalue weighted by atomic mass is 16.5. The predicted octanol–water partition coefficient (Wildman–Crippen LogP) is 3.37. The highest BCUT2D eigenvalue weighted by molar-refractivity contribution is 5.78. The Kier molecular flexibility index (Phi) is 5.23. The third kappa shape index (κ3) is 4.12. The summed E-state index contributed by atoms with van der Waals surface area (Å²) in [4.78, 5) is 12.2. The van der Waals surface area contributed by atoms with Crippen LogP contribution in [0.15, 0.2) is 84.9 Å². The monoisotopic (exact) mass is 333 g/mol. The highest BCUT2D eigenvalue weighted by Crippen LogP contribution is 2.24. The number of aliphatic hydroxyl groups excluding tert-OH is 1. The standard InChI is InChI=1S/C21H19NO3/c22-19(15-8-3-1-4-9-15)17-12-7-13-18(14-17)25-21(24)20(23)16-10-5-2-6-11-16/h1-14,19-20,23H,22H2/t19-,20-/m0/s1. The van der Waals surface area contributed by atoms with E-state index in [1.165, 1.54) is 0 Å². The van der Waals surface area contributed by atoms with Crippen LogP contribution in [0.2, 0.25) is 0 Å². The number of rotatable bonds is 5. The van der Waals surface area contributed by atoms with Crippen LogP contribution in [0.4, 0.5) is 0 Å². The molecule has 25 heavy (non-hydrogen) atoms. The minimum atomic E-state index is -1.33. The van der Waals surface area contributed by atoms with E-state index in [9.17, 15) is 9.90 Å². The smallest absolute Gasteiger partial charge is 0.345 e. The number of ether oxygens (including phenoxy) is 1. The molecule has 0 aliphatic heterocycles. The van der Waals surface area contributed by atoms with E-state index in [-0.39, 0.29) is 6.04 Å². The molecule has 0 saturated heterocycles. The van der Waals surface area contributed by atoms with Crippen molar-refractivity contribution in [3.8, 4) is 5.75 Å². The van der Waals surface area contributed by atoms with Crippen molar-refractivity contribution in [2.75, 3.05) is 0 Å². The summed E-state index contributed by atoms with van der Waals surface area (Å²) >= 11 is 0. The van der Waals surface area contributed by atoms with Gasteiger partial charge in [-0.1, -0.05) is 72.8 Å². The van der Waals surface area contributed by atoms with E-state index in [2.05, 4.69) is 0 Å². The van der Waals surface area contributed by atoms with Crippen molar-refractivity contribution in [2.24, 2.45) is 5.73 Å². The van der Waals surface area contributed by atoms with E-state index >= 15 is 0 Å². The normalized spacial score (nSPS) is 13.0. The molecule has 3 rings (SSSR count). The van der Waals surface area contributed by atoms with Crippen molar-refractivity contribution in [2.45, 2.75) is 12.1 Å². The van der Waals surface area contributed by atoms with Gasteiger partial charge in [-0.15, -0.1) is 0 Å². The van der Waals surface area contributed by atoms with E-state index in [4.69, 9.17) is 10.5 Å². The van der Waals surface area contributed by atoms with Crippen LogP contribution in [-0.2, 0) is 4.79 Å². The molecular formula is C21H19NO3. The number of hydrogen-bond donors (Lipinski definition) is 2. The fourth-order valence-corrected chi connectivity index (χ4v) is 2.57. The van der Waals surface area contributed by atoms with Crippen molar-refractivity contribution in [3.63, 3.8) is 0 Å². The number of carbonyl (C=O) groups is 1. The average molecular weight is 333 g/mol. The zero-order chi connectivity index (χ0) is 17.6. The minimum Gasteiger partial charge on any atom is -0.424 e. The van der Waals surface area contributed by atoms with E-state index < -0.39 is 12.1 Å². The molecule has 0 heterocycles. The van der Waals surface area contributed by atoms with Crippen LogP contribution >= 0.6 is 0 Å². The largest absolute Gasteiger partial charge is 0.424 e. The van der Waals surface area contributed by atoms with Crippen LogP contribution in [0.1, 0.15) is 28.8 Å². The van der Waals surface area contributed by atoms with Crippen LogP contribution < -0.4 is 10.5 Å². The van der Waals surface area contributed by atoms with Gasteiger partial charge in [0.05, 0.1) is 6.04 Å². The fourth-order valence-electron chi connectivity index (χ4n) is 2.57. The van der Waals surface area contributed by atoms with Gasteiger partial charge in [0.15, 0.2) is 6.10 Å². The molecule has 4 nitrogen and oxygen atoms in total. The molecule has 3 aromatic rings. The quantitative estimate of drug-likeness (QED) is 0.555. The Balaban J connectivity index is 1.75. The number of nitrogens with two attached hydrogens (primary N) is 1. The Labute approximate surface area is 146 Å². The van der Waals surface area contributed by atoms with Crippen LogP contribution in [0.25, 0.3) is 0 Å². The molecule has 0 fully saturated rings. The topological polar surface area (TPSA) is 72.5 Å². The second kappa shape index (κ2) is 7.75. The first-order valence-corrected chi connectivity index (χ1v) is 8.00. The molecule has 0 radical (unpaired) electrons. The van der Waals surface area contributed by atoms with Gasteiger partial charge in [-0.25, -0.2) is 4.79 Å². The average Bonchev–Trinajstić information content (AvgIpc) is 2.68. The lowest BCUT2D eigenvalue weighted by Crippen LogP contribution is -2.18. The first-order chi connectivity index (χ1) is 12.1. The van der Waals surface area contributed by atoms with Crippen LogP contribution in [0.3, 0.4) is 0 Å². The lowest BCUT2D eigenvalue weighted by Gasteiger charge is -2.15. The van der Waals surface area contributed by atoms with Crippen molar-refractivity contribution < 1.29 is 14.6 Å². The fraction of sp³-hybridized carbons (Fsp3) is 0.0952. The SMILES string of the molecule is N[C@@H](c1ccccc1)c1cccc(OC(=O)[C@@H](O)c2ccccc2)c1. The zero-order valence-electron chi connectivity index (χ0n) is 13.6. The number of esters is 1. The molecule has 2 atom stereocenters. The Bertz CT molecular complexity index is 834. The van der Waals surface area contributed by atoms with Crippen LogP contribution in [-0.4, -0.2) is 11.1 Å². The summed E-state index contributed by atoms with van der Waals surface area (Å²) in [6, 6.07) is 25.1.